The van der Waals surface area contributed by atoms with E-state index in [1.165, 1.54) is 59.5 Å². The second-order valence-corrected chi connectivity index (χ2v) is 10.5. The molecule has 8 nitrogen and oxygen atoms in total. The Bertz CT molecular complexity index is 990. The highest BCUT2D eigenvalue weighted by Gasteiger charge is 2.23. The van der Waals surface area contributed by atoms with Crippen molar-refractivity contribution in [2.75, 3.05) is 18.9 Å². The van der Waals surface area contributed by atoms with Crippen LogP contribution < -0.4 is 5.32 Å². The molecule has 1 N–H and O–H groups in total. The number of hydrogen-bond acceptors (Lipinski definition) is 9. The molecule has 3 rings (SSSR count). The molecule has 142 valence electrons. The van der Waals surface area contributed by atoms with Gasteiger partial charge in [0.25, 0.3) is 0 Å². The Morgan fingerprint density at radius 1 is 1.30 bits per heavy atom. The van der Waals surface area contributed by atoms with Crippen LogP contribution in [0.2, 0.25) is 0 Å². The minimum Gasteiger partial charge on any atom is -0.299 e. The van der Waals surface area contributed by atoms with Crippen molar-refractivity contribution >= 4 is 55.5 Å². The Morgan fingerprint density at radius 3 is 2.85 bits per heavy atom. The lowest BCUT2D eigenvalue weighted by molar-refractivity contribution is -0.116. The Labute approximate surface area is 168 Å². The molecule has 27 heavy (non-hydrogen) atoms. The van der Waals surface area contributed by atoms with Crippen LogP contribution in [0.25, 0.3) is 0 Å². The standard InChI is InChI=1S/C15H15N5O3S4/c1-20(27(22,23)12-5-2-6-16-8-12)9-13(21)17-14-18-19-15(26-14)25-10-11-4-3-7-24-11/h2-8H,9-10H2,1H3,(H,17,18,21). The molecule has 0 atom stereocenters. The topological polar surface area (TPSA) is 105 Å². The van der Waals surface area contributed by atoms with Gasteiger partial charge in [0, 0.05) is 30.1 Å². The molecule has 0 spiro atoms. The van der Waals surface area contributed by atoms with E-state index in [-0.39, 0.29) is 11.4 Å². The molecule has 0 aliphatic heterocycles. The van der Waals surface area contributed by atoms with Gasteiger partial charge in [0.1, 0.15) is 4.90 Å². The van der Waals surface area contributed by atoms with E-state index in [9.17, 15) is 13.2 Å². The van der Waals surface area contributed by atoms with Crippen LogP contribution in [0.3, 0.4) is 0 Å². The number of carbonyl (C=O) groups excluding carboxylic acids is 1. The first-order valence-electron chi connectivity index (χ1n) is 7.60. The number of nitrogens with one attached hydrogen (secondary N) is 1. The van der Waals surface area contributed by atoms with Crippen LogP contribution in [0.1, 0.15) is 4.88 Å². The Hall–Kier alpha value is -1.86. The smallest absolute Gasteiger partial charge is 0.244 e. The molecule has 0 aliphatic carbocycles. The van der Waals surface area contributed by atoms with Crippen LogP contribution in [0, 0.1) is 0 Å². The lowest BCUT2D eigenvalue weighted by atomic mass is 10.5. The van der Waals surface area contributed by atoms with Crippen molar-refractivity contribution in [3.05, 3.63) is 46.9 Å². The van der Waals surface area contributed by atoms with Gasteiger partial charge < -0.3 is 0 Å². The number of amides is 1. The largest absolute Gasteiger partial charge is 0.299 e. The minimum absolute atomic E-state index is 0.0310. The van der Waals surface area contributed by atoms with Gasteiger partial charge in [-0.1, -0.05) is 29.2 Å². The highest BCUT2D eigenvalue weighted by Crippen LogP contribution is 2.29. The fraction of sp³-hybridized carbons (Fsp3) is 0.200. The highest BCUT2D eigenvalue weighted by molar-refractivity contribution is 8.00. The van der Waals surface area contributed by atoms with Crippen LogP contribution in [0.5, 0.6) is 0 Å². The summed E-state index contributed by atoms with van der Waals surface area (Å²) in [7, 11) is -2.44. The van der Waals surface area contributed by atoms with E-state index >= 15 is 0 Å². The van der Waals surface area contributed by atoms with E-state index in [1.807, 2.05) is 17.5 Å². The van der Waals surface area contributed by atoms with E-state index in [0.29, 0.717) is 5.13 Å². The van der Waals surface area contributed by atoms with Crippen LogP contribution in [0.15, 0.2) is 51.3 Å². The fourth-order valence-corrected chi connectivity index (χ4v) is 5.60. The van der Waals surface area contributed by atoms with Gasteiger partial charge in [0.2, 0.25) is 21.1 Å². The van der Waals surface area contributed by atoms with Crippen molar-refractivity contribution in [1.82, 2.24) is 19.5 Å². The highest BCUT2D eigenvalue weighted by atomic mass is 32.2. The normalized spacial score (nSPS) is 11.6. The zero-order chi connectivity index (χ0) is 19.3. The second kappa shape index (κ2) is 8.89. The maximum Gasteiger partial charge on any atom is 0.244 e. The van der Waals surface area contributed by atoms with Crippen molar-refractivity contribution in [1.29, 1.82) is 0 Å². The van der Waals surface area contributed by atoms with Gasteiger partial charge in [-0.05, 0) is 23.6 Å². The first-order chi connectivity index (χ1) is 12.9. The summed E-state index contributed by atoms with van der Waals surface area (Å²) in [6.45, 7) is -0.339. The number of nitrogens with zero attached hydrogens (tertiary/aromatic N) is 4. The average molecular weight is 442 g/mol. The molecule has 0 unspecified atom stereocenters. The number of anilines is 1. The number of sulfonamides is 1. The van der Waals surface area contributed by atoms with E-state index in [0.717, 1.165) is 14.4 Å². The molecule has 0 saturated carbocycles. The monoisotopic (exact) mass is 441 g/mol. The number of thiophene rings is 1. The summed E-state index contributed by atoms with van der Waals surface area (Å²) in [6, 6.07) is 6.98. The van der Waals surface area contributed by atoms with Gasteiger partial charge in [-0.15, -0.1) is 21.5 Å². The molecular formula is C15H15N5O3S4. The number of carbonyl (C=O) groups is 1. The zero-order valence-electron chi connectivity index (χ0n) is 14.1. The first-order valence-corrected chi connectivity index (χ1v) is 11.7. The van der Waals surface area contributed by atoms with E-state index in [4.69, 9.17) is 0 Å². The molecule has 0 bridgehead atoms. The molecular weight excluding hydrogens is 426 g/mol. The zero-order valence-corrected chi connectivity index (χ0v) is 17.4. The van der Waals surface area contributed by atoms with Gasteiger partial charge in [0.15, 0.2) is 4.34 Å². The third-order valence-electron chi connectivity index (χ3n) is 3.28. The predicted molar refractivity (Wildman–Crippen MR) is 106 cm³/mol. The summed E-state index contributed by atoms with van der Waals surface area (Å²) in [6.07, 6.45) is 2.72. The molecule has 0 aromatic carbocycles. The average Bonchev–Trinajstić information content (AvgIpc) is 3.32. The number of likely N-dealkylation sites (N-methyl/N-ethyl adjacent to an activating group) is 1. The predicted octanol–water partition coefficient (Wildman–Crippen LogP) is 2.55. The molecule has 3 aromatic heterocycles. The van der Waals surface area contributed by atoms with Crippen LogP contribution in [0.4, 0.5) is 5.13 Å². The molecule has 1 amide bonds. The fourth-order valence-electron chi connectivity index (χ4n) is 1.97. The number of rotatable bonds is 8. The summed E-state index contributed by atoms with van der Waals surface area (Å²) in [5.41, 5.74) is 0. The van der Waals surface area contributed by atoms with E-state index in [2.05, 4.69) is 20.5 Å². The van der Waals surface area contributed by atoms with Gasteiger partial charge in [-0.3, -0.25) is 15.1 Å². The SMILES string of the molecule is CN(CC(=O)Nc1nnc(SCc2cccs2)s1)S(=O)(=O)c1cccnc1. The summed E-state index contributed by atoms with van der Waals surface area (Å²) < 4.78 is 26.5. The molecule has 0 saturated heterocycles. The van der Waals surface area contributed by atoms with Crippen molar-refractivity contribution in [3.8, 4) is 0 Å². The van der Waals surface area contributed by atoms with Gasteiger partial charge in [-0.2, -0.15) is 4.31 Å². The maximum absolute atomic E-state index is 12.4. The summed E-state index contributed by atoms with van der Waals surface area (Å²) in [4.78, 5) is 17.2. The number of thioether (sulfide) groups is 1. The minimum atomic E-state index is -3.78. The van der Waals surface area contributed by atoms with Gasteiger partial charge >= 0.3 is 0 Å². The second-order valence-electron chi connectivity index (χ2n) is 5.24. The Balaban J connectivity index is 1.54. The summed E-state index contributed by atoms with van der Waals surface area (Å²) in [5, 5.41) is 12.9. The maximum atomic E-state index is 12.4. The summed E-state index contributed by atoms with van der Waals surface area (Å²) in [5.74, 6) is 0.294. The third kappa shape index (κ3) is 5.32. The lowest BCUT2D eigenvalue weighted by Gasteiger charge is -2.15. The van der Waals surface area contributed by atoms with Gasteiger partial charge in [0.05, 0.1) is 6.54 Å². The van der Waals surface area contributed by atoms with Gasteiger partial charge in [-0.25, -0.2) is 8.42 Å². The third-order valence-corrected chi connectivity index (χ3v) is 8.15. The number of aromatic nitrogens is 3. The molecule has 0 fully saturated rings. The number of pyridine rings is 1. The summed E-state index contributed by atoms with van der Waals surface area (Å²) >= 11 is 4.45. The van der Waals surface area contributed by atoms with E-state index < -0.39 is 15.9 Å². The van der Waals surface area contributed by atoms with E-state index in [1.54, 1.807) is 11.3 Å². The lowest BCUT2D eigenvalue weighted by Crippen LogP contribution is -2.35. The van der Waals surface area contributed by atoms with Crippen molar-refractivity contribution in [3.63, 3.8) is 0 Å². The molecule has 3 aromatic rings. The Kier molecular flexibility index (Phi) is 6.55. The molecule has 3 heterocycles. The number of hydrogen-bond donors (Lipinski definition) is 1. The first kappa shape index (κ1) is 19.9. The van der Waals surface area contributed by atoms with Crippen LogP contribution in [-0.2, 0) is 20.6 Å². The molecule has 0 radical (unpaired) electrons. The van der Waals surface area contributed by atoms with Crippen LogP contribution in [-0.4, -0.2) is 47.4 Å². The van der Waals surface area contributed by atoms with Crippen molar-refractivity contribution < 1.29 is 13.2 Å². The quantitative estimate of drug-likeness (QED) is 0.423. The van der Waals surface area contributed by atoms with Crippen molar-refractivity contribution in [2.24, 2.45) is 0 Å². The van der Waals surface area contributed by atoms with Crippen molar-refractivity contribution in [2.45, 2.75) is 15.0 Å². The Morgan fingerprint density at radius 2 is 2.15 bits per heavy atom. The molecule has 12 heteroatoms. The molecule has 0 aliphatic rings. The van der Waals surface area contributed by atoms with Crippen LogP contribution >= 0.6 is 34.4 Å².